The number of alkyl halides is 2. The van der Waals surface area contributed by atoms with E-state index in [2.05, 4.69) is 0 Å². The first kappa shape index (κ1) is 10.6. The van der Waals surface area contributed by atoms with Crippen molar-refractivity contribution in [3.8, 4) is 0 Å². The third-order valence-corrected chi connectivity index (χ3v) is 2.54. The fourth-order valence-electron chi connectivity index (χ4n) is 1.15. The second-order valence-corrected chi connectivity index (χ2v) is 4.79. The monoisotopic (exact) mass is 205 g/mol. The van der Waals surface area contributed by atoms with E-state index in [0.29, 0.717) is 0 Å². The molecule has 0 aliphatic rings. The topological polar surface area (TPSA) is 26.0 Å². The standard InChI is InChI=1S/C9H13F2NS/c1-8(2,12)6-9(10,11)7-4-3-5-13-7/h3-5H,6,12H2,1-2H3. The molecular weight excluding hydrogens is 192 g/mol. The number of hydrogen-bond donors (Lipinski definition) is 1. The summed E-state index contributed by atoms with van der Waals surface area (Å²) in [5.74, 6) is -2.80. The summed E-state index contributed by atoms with van der Waals surface area (Å²) >= 11 is 1.06. The second-order valence-electron chi connectivity index (χ2n) is 3.85. The average Bonchev–Trinajstić information content (AvgIpc) is 2.29. The van der Waals surface area contributed by atoms with Gasteiger partial charge in [0.25, 0.3) is 5.92 Å². The van der Waals surface area contributed by atoms with E-state index in [4.69, 9.17) is 5.73 Å². The van der Waals surface area contributed by atoms with Crippen LogP contribution in [0.25, 0.3) is 0 Å². The van der Waals surface area contributed by atoms with E-state index in [1.165, 1.54) is 6.07 Å². The first-order chi connectivity index (χ1) is 5.81. The number of nitrogens with two attached hydrogens (primary N) is 1. The Morgan fingerprint density at radius 2 is 2.08 bits per heavy atom. The molecule has 1 aromatic heterocycles. The highest BCUT2D eigenvalue weighted by Crippen LogP contribution is 2.37. The van der Waals surface area contributed by atoms with Gasteiger partial charge in [-0.3, -0.25) is 0 Å². The minimum absolute atomic E-state index is 0.0889. The van der Waals surface area contributed by atoms with Crippen LogP contribution in [0.1, 0.15) is 25.1 Å². The maximum atomic E-state index is 13.4. The summed E-state index contributed by atoms with van der Waals surface area (Å²) in [6.07, 6.45) is -0.319. The van der Waals surface area contributed by atoms with Crippen LogP contribution in [0, 0.1) is 0 Å². The molecule has 0 radical (unpaired) electrons. The molecule has 0 atom stereocenters. The molecule has 1 nitrogen and oxygen atoms in total. The van der Waals surface area contributed by atoms with Crippen molar-refractivity contribution in [2.45, 2.75) is 31.7 Å². The molecule has 0 bridgehead atoms. The summed E-state index contributed by atoms with van der Waals surface area (Å²) < 4.78 is 26.8. The lowest BCUT2D eigenvalue weighted by Gasteiger charge is -2.24. The maximum absolute atomic E-state index is 13.4. The van der Waals surface area contributed by atoms with Crippen molar-refractivity contribution in [1.82, 2.24) is 0 Å². The smallest absolute Gasteiger partial charge is 0.283 e. The number of rotatable bonds is 3. The largest absolute Gasteiger partial charge is 0.325 e. The summed E-state index contributed by atoms with van der Waals surface area (Å²) in [5.41, 5.74) is 4.71. The van der Waals surface area contributed by atoms with Gasteiger partial charge in [-0.2, -0.15) is 0 Å². The molecule has 0 spiro atoms. The van der Waals surface area contributed by atoms with Gasteiger partial charge >= 0.3 is 0 Å². The molecule has 13 heavy (non-hydrogen) atoms. The Morgan fingerprint density at radius 3 is 2.46 bits per heavy atom. The van der Waals surface area contributed by atoms with E-state index in [-0.39, 0.29) is 11.3 Å². The van der Waals surface area contributed by atoms with Crippen LogP contribution in [0.4, 0.5) is 8.78 Å². The normalized spacial score (nSPS) is 13.3. The molecule has 4 heteroatoms. The first-order valence-corrected chi connectivity index (χ1v) is 4.90. The van der Waals surface area contributed by atoms with Crippen LogP contribution in [-0.2, 0) is 5.92 Å². The second kappa shape index (κ2) is 3.35. The van der Waals surface area contributed by atoms with E-state index in [0.717, 1.165) is 11.3 Å². The minimum Gasteiger partial charge on any atom is -0.325 e. The van der Waals surface area contributed by atoms with E-state index in [1.807, 2.05) is 0 Å². The molecule has 0 saturated carbocycles. The van der Waals surface area contributed by atoms with Crippen molar-refractivity contribution >= 4 is 11.3 Å². The van der Waals surface area contributed by atoms with Crippen molar-refractivity contribution in [3.63, 3.8) is 0 Å². The average molecular weight is 205 g/mol. The van der Waals surface area contributed by atoms with Crippen LogP contribution in [0.2, 0.25) is 0 Å². The Morgan fingerprint density at radius 1 is 1.46 bits per heavy atom. The quantitative estimate of drug-likeness (QED) is 0.806. The Kier molecular flexibility index (Phi) is 2.73. The van der Waals surface area contributed by atoms with Gasteiger partial charge < -0.3 is 5.73 Å². The Hall–Kier alpha value is -0.480. The molecule has 2 N–H and O–H groups in total. The maximum Gasteiger partial charge on any atom is 0.283 e. The number of halogens is 2. The van der Waals surface area contributed by atoms with Crippen molar-refractivity contribution in [3.05, 3.63) is 22.4 Å². The molecule has 0 unspecified atom stereocenters. The lowest BCUT2D eigenvalue weighted by atomic mass is 9.97. The zero-order chi connectivity index (χ0) is 10.1. The van der Waals surface area contributed by atoms with E-state index >= 15 is 0 Å². The van der Waals surface area contributed by atoms with Crippen molar-refractivity contribution in [2.75, 3.05) is 0 Å². The fraction of sp³-hybridized carbons (Fsp3) is 0.556. The predicted octanol–water partition coefficient (Wildman–Crippen LogP) is 2.97. The number of hydrogen-bond acceptors (Lipinski definition) is 2. The molecule has 0 aliphatic heterocycles. The van der Waals surface area contributed by atoms with Gasteiger partial charge in [-0.05, 0) is 25.3 Å². The van der Waals surface area contributed by atoms with Crippen LogP contribution in [-0.4, -0.2) is 5.54 Å². The van der Waals surface area contributed by atoms with Gasteiger partial charge in [0.05, 0.1) is 4.88 Å². The van der Waals surface area contributed by atoms with Gasteiger partial charge in [0, 0.05) is 12.0 Å². The Bertz CT molecular complexity index is 262. The lowest BCUT2D eigenvalue weighted by Crippen LogP contribution is -2.37. The van der Waals surface area contributed by atoms with Crippen molar-refractivity contribution in [2.24, 2.45) is 5.73 Å². The van der Waals surface area contributed by atoms with Crippen LogP contribution in [0.5, 0.6) is 0 Å². The molecule has 1 rings (SSSR count). The van der Waals surface area contributed by atoms with Gasteiger partial charge in [0.15, 0.2) is 0 Å². The van der Waals surface area contributed by atoms with Gasteiger partial charge in [-0.15, -0.1) is 11.3 Å². The van der Waals surface area contributed by atoms with E-state index in [9.17, 15) is 8.78 Å². The molecule has 0 aliphatic carbocycles. The summed E-state index contributed by atoms with van der Waals surface area (Å²) in [6.45, 7) is 3.21. The molecule has 1 heterocycles. The molecule has 0 fully saturated rings. The van der Waals surface area contributed by atoms with E-state index < -0.39 is 11.5 Å². The third-order valence-electron chi connectivity index (χ3n) is 1.56. The van der Waals surface area contributed by atoms with Crippen molar-refractivity contribution < 1.29 is 8.78 Å². The highest BCUT2D eigenvalue weighted by Gasteiger charge is 2.37. The summed E-state index contributed by atoms with van der Waals surface area (Å²) in [4.78, 5) is 0.0889. The number of thiophene rings is 1. The summed E-state index contributed by atoms with van der Waals surface area (Å²) in [6, 6.07) is 3.06. The molecular formula is C9H13F2NS. The summed E-state index contributed by atoms with van der Waals surface area (Å²) in [5, 5.41) is 1.65. The van der Waals surface area contributed by atoms with Crippen LogP contribution < -0.4 is 5.73 Å². The molecule has 0 saturated heterocycles. The van der Waals surface area contributed by atoms with Crippen LogP contribution in [0.15, 0.2) is 17.5 Å². The zero-order valence-corrected chi connectivity index (χ0v) is 8.50. The summed E-state index contributed by atoms with van der Waals surface area (Å²) in [7, 11) is 0. The fourth-order valence-corrected chi connectivity index (χ4v) is 1.85. The van der Waals surface area contributed by atoms with Crippen LogP contribution >= 0.6 is 11.3 Å². The molecule has 0 amide bonds. The molecule has 74 valence electrons. The van der Waals surface area contributed by atoms with Gasteiger partial charge in [0.1, 0.15) is 0 Å². The predicted molar refractivity (Wildman–Crippen MR) is 51.1 cm³/mol. The molecule has 1 aromatic rings. The van der Waals surface area contributed by atoms with Crippen molar-refractivity contribution in [1.29, 1.82) is 0 Å². The first-order valence-electron chi connectivity index (χ1n) is 4.02. The highest BCUT2D eigenvalue weighted by atomic mass is 32.1. The third kappa shape index (κ3) is 3.04. The SMILES string of the molecule is CC(C)(N)CC(F)(F)c1cccs1. The zero-order valence-electron chi connectivity index (χ0n) is 7.68. The Balaban J connectivity index is 2.78. The molecule has 0 aromatic carbocycles. The van der Waals surface area contributed by atoms with Crippen LogP contribution in [0.3, 0.4) is 0 Å². The van der Waals surface area contributed by atoms with E-state index in [1.54, 1.807) is 25.3 Å². The lowest BCUT2D eigenvalue weighted by molar-refractivity contribution is -0.0259. The highest BCUT2D eigenvalue weighted by molar-refractivity contribution is 7.10. The van der Waals surface area contributed by atoms with Gasteiger partial charge in [-0.25, -0.2) is 8.78 Å². The minimum atomic E-state index is -2.80. The van der Waals surface area contributed by atoms with Gasteiger partial charge in [-0.1, -0.05) is 6.07 Å². The Labute approximate surface area is 80.6 Å². The van der Waals surface area contributed by atoms with Gasteiger partial charge in [0.2, 0.25) is 0 Å².